The molecule has 1 unspecified atom stereocenters. The Morgan fingerprint density at radius 3 is 1.33 bits per heavy atom. The summed E-state index contributed by atoms with van der Waals surface area (Å²) >= 11 is 0. The molecule has 43 heavy (non-hydrogen) atoms. The second-order valence-electron chi connectivity index (χ2n) is 13.1. The van der Waals surface area contributed by atoms with E-state index < -0.39 is 5.97 Å². The summed E-state index contributed by atoms with van der Waals surface area (Å²) in [6, 6.07) is 0. The summed E-state index contributed by atoms with van der Waals surface area (Å²) in [5, 5.41) is 8.68. The van der Waals surface area contributed by atoms with Gasteiger partial charge in [0.2, 0.25) is 0 Å². The number of carbonyl (C=O) groups is 2. The smallest absolute Gasteiger partial charge is 0.306 e. The van der Waals surface area contributed by atoms with E-state index in [1.165, 1.54) is 154 Å². The van der Waals surface area contributed by atoms with Crippen molar-refractivity contribution in [2.75, 3.05) is 0 Å². The minimum Gasteiger partial charge on any atom is -0.481 e. The lowest BCUT2D eigenvalue weighted by molar-refractivity contribution is -0.150. The predicted molar refractivity (Wildman–Crippen MR) is 186 cm³/mol. The number of unbranched alkanes of at least 4 members (excludes halogenated alkanes) is 24. The van der Waals surface area contributed by atoms with Crippen molar-refractivity contribution in [3.05, 3.63) is 12.2 Å². The topological polar surface area (TPSA) is 63.6 Å². The number of hydrogen-bond donors (Lipinski definition) is 1. The van der Waals surface area contributed by atoms with Crippen molar-refractivity contribution in [2.45, 2.75) is 225 Å². The maximum Gasteiger partial charge on any atom is 0.306 e. The number of carboxylic acids is 1. The SMILES string of the molecule is CCCC/C=C\CCCCCCCCC(=O)OC(CCCCCCC)CCCCCCCCCCCCCCCC(=O)O. The van der Waals surface area contributed by atoms with Gasteiger partial charge in [0.05, 0.1) is 0 Å². The molecule has 4 heteroatoms. The Hall–Kier alpha value is -1.32. The summed E-state index contributed by atoms with van der Waals surface area (Å²) in [7, 11) is 0. The fourth-order valence-corrected chi connectivity index (χ4v) is 5.87. The van der Waals surface area contributed by atoms with Crippen LogP contribution in [0.5, 0.6) is 0 Å². The number of esters is 1. The molecule has 0 saturated heterocycles. The van der Waals surface area contributed by atoms with Crippen LogP contribution in [-0.2, 0) is 14.3 Å². The van der Waals surface area contributed by atoms with E-state index in [2.05, 4.69) is 26.0 Å². The monoisotopic (exact) mass is 607 g/mol. The number of rotatable bonds is 35. The molecule has 0 aliphatic carbocycles. The second kappa shape index (κ2) is 35.2. The van der Waals surface area contributed by atoms with Crippen LogP contribution in [0.25, 0.3) is 0 Å². The van der Waals surface area contributed by atoms with Crippen LogP contribution in [0.2, 0.25) is 0 Å². The van der Waals surface area contributed by atoms with Gasteiger partial charge in [0.1, 0.15) is 6.10 Å². The molecule has 0 aromatic rings. The molecule has 0 saturated carbocycles. The Labute approximate surface area is 268 Å². The van der Waals surface area contributed by atoms with Gasteiger partial charge < -0.3 is 9.84 Å². The van der Waals surface area contributed by atoms with E-state index in [1.54, 1.807) is 0 Å². The van der Waals surface area contributed by atoms with Gasteiger partial charge in [0.15, 0.2) is 0 Å². The third kappa shape index (κ3) is 35.0. The average Bonchev–Trinajstić information content (AvgIpc) is 2.99. The molecule has 0 radical (unpaired) electrons. The maximum atomic E-state index is 12.6. The largest absolute Gasteiger partial charge is 0.481 e. The maximum absolute atomic E-state index is 12.6. The first-order valence-electron chi connectivity index (χ1n) is 19.2. The first-order valence-corrected chi connectivity index (χ1v) is 19.2. The van der Waals surface area contributed by atoms with E-state index in [1.807, 2.05) is 0 Å². The zero-order chi connectivity index (χ0) is 31.5. The molecule has 0 aliphatic heterocycles. The quantitative estimate of drug-likeness (QED) is 0.0443. The molecule has 0 aromatic heterocycles. The third-order valence-corrected chi connectivity index (χ3v) is 8.74. The minimum atomic E-state index is -0.667. The zero-order valence-corrected chi connectivity index (χ0v) is 29.0. The van der Waals surface area contributed by atoms with Crippen molar-refractivity contribution in [1.29, 1.82) is 0 Å². The molecule has 1 atom stereocenters. The van der Waals surface area contributed by atoms with E-state index in [4.69, 9.17) is 9.84 Å². The predicted octanol–water partition coefficient (Wildman–Crippen LogP) is 13.1. The fourth-order valence-electron chi connectivity index (χ4n) is 5.87. The van der Waals surface area contributed by atoms with E-state index in [0.717, 1.165) is 38.5 Å². The van der Waals surface area contributed by atoms with Crippen LogP contribution in [0, 0.1) is 0 Å². The van der Waals surface area contributed by atoms with Crippen LogP contribution >= 0.6 is 0 Å². The fraction of sp³-hybridized carbons (Fsp3) is 0.897. The van der Waals surface area contributed by atoms with Crippen molar-refractivity contribution >= 4 is 11.9 Å². The van der Waals surface area contributed by atoms with Crippen LogP contribution in [0.1, 0.15) is 219 Å². The van der Waals surface area contributed by atoms with Gasteiger partial charge in [-0.3, -0.25) is 9.59 Å². The molecular formula is C39H74O4. The summed E-state index contributed by atoms with van der Waals surface area (Å²) in [6.45, 7) is 4.50. The van der Waals surface area contributed by atoms with Crippen LogP contribution < -0.4 is 0 Å². The van der Waals surface area contributed by atoms with Crippen LogP contribution in [0.15, 0.2) is 12.2 Å². The minimum absolute atomic E-state index is 0.0380. The van der Waals surface area contributed by atoms with Crippen molar-refractivity contribution in [2.24, 2.45) is 0 Å². The first-order chi connectivity index (χ1) is 21.1. The first kappa shape index (κ1) is 41.7. The number of aliphatic carboxylic acids is 1. The number of hydrogen-bond acceptors (Lipinski definition) is 3. The number of allylic oxidation sites excluding steroid dienone is 2. The van der Waals surface area contributed by atoms with Gasteiger partial charge in [0.25, 0.3) is 0 Å². The summed E-state index contributed by atoms with van der Waals surface area (Å²) in [4.78, 5) is 23.1. The molecule has 0 spiro atoms. The Kier molecular flexibility index (Phi) is 34.1. The van der Waals surface area contributed by atoms with Crippen LogP contribution in [0.3, 0.4) is 0 Å². The Morgan fingerprint density at radius 2 is 0.860 bits per heavy atom. The summed E-state index contributed by atoms with van der Waals surface area (Å²) < 4.78 is 6.01. The molecule has 1 N–H and O–H groups in total. The molecule has 0 bridgehead atoms. The third-order valence-electron chi connectivity index (χ3n) is 8.74. The lowest BCUT2D eigenvalue weighted by Crippen LogP contribution is -2.18. The Balaban J connectivity index is 3.86. The molecule has 0 aromatic carbocycles. The lowest BCUT2D eigenvalue weighted by atomic mass is 10.0. The average molecular weight is 607 g/mol. The summed E-state index contributed by atoms with van der Waals surface area (Å²) in [6.07, 6.45) is 42.5. The van der Waals surface area contributed by atoms with E-state index in [-0.39, 0.29) is 12.1 Å². The van der Waals surface area contributed by atoms with Gasteiger partial charge in [-0.15, -0.1) is 0 Å². The molecular weight excluding hydrogens is 532 g/mol. The van der Waals surface area contributed by atoms with Crippen LogP contribution in [-0.4, -0.2) is 23.1 Å². The van der Waals surface area contributed by atoms with E-state index >= 15 is 0 Å². The molecule has 0 rings (SSSR count). The van der Waals surface area contributed by atoms with E-state index in [0.29, 0.717) is 12.8 Å². The normalized spacial score (nSPS) is 12.2. The highest BCUT2D eigenvalue weighted by Crippen LogP contribution is 2.19. The number of carboxylic acid groups (broad SMARTS) is 1. The molecule has 4 nitrogen and oxygen atoms in total. The molecule has 0 aliphatic rings. The highest BCUT2D eigenvalue weighted by Gasteiger charge is 2.14. The lowest BCUT2D eigenvalue weighted by Gasteiger charge is -2.18. The van der Waals surface area contributed by atoms with Gasteiger partial charge in [-0.25, -0.2) is 0 Å². The second-order valence-corrected chi connectivity index (χ2v) is 13.1. The van der Waals surface area contributed by atoms with Gasteiger partial charge in [-0.1, -0.05) is 161 Å². The standard InChI is InChI=1S/C39H74O4/c1-3-5-7-9-10-11-12-18-21-24-28-32-36-39(42)43-37(33-29-25-8-6-4-2)34-30-26-22-19-16-14-13-15-17-20-23-27-31-35-38(40)41/h9-10,37H,3-8,11-36H2,1-2H3,(H,40,41)/b10-9-. The van der Waals surface area contributed by atoms with Gasteiger partial charge in [0, 0.05) is 12.8 Å². The number of carbonyl (C=O) groups excluding carboxylic acids is 1. The van der Waals surface area contributed by atoms with Crippen molar-refractivity contribution in [1.82, 2.24) is 0 Å². The van der Waals surface area contributed by atoms with Gasteiger partial charge >= 0.3 is 11.9 Å². The highest BCUT2D eigenvalue weighted by atomic mass is 16.5. The molecule has 0 amide bonds. The van der Waals surface area contributed by atoms with Crippen LogP contribution in [0.4, 0.5) is 0 Å². The highest BCUT2D eigenvalue weighted by molar-refractivity contribution is 5.69. The Morgan fingerprint density at radius 1 is 0.488 bits per heavy atom. The van der Waals surface area contributed by atoms with Gasteiger partial charge in [-0.2, -0.15) is 0 Å². The summed E-state index contributed by atoms with van der Waals surface area (Å²) in [5.41, 5.74) is 0. The molecule has 0 heterocycles. The molecule has 254 valence electrons. The van der Waals surface area contributed by atoms with Crippen molar-refractivity contribution in [3.63, 3.8) is 0 Å². The van der Waals surface area contributed by atoms with Crippen molar-refractivity contribution < 1.29 is 19.4 Å². The van der Waals surface area contributed by atoms with Crippen molar-refractivity contribution in [3.8, 4) is 0 Å². The summed E-state index contributed by atoms with van der Waals surface area (Å²) in [5.74, 6) is -0.629. The number of ether oxygens (including phenoxy) is 1. The Bertz CT molecular complexity index is 614. The van der Waals surface area contributed by atoms with Gasteiger partial charge in [-0.05, 0) is 57.8 Å². The van der Waals surface area contributed by atoms with E-state index in [9.17, 15) is 9.59 Å². The zero-order valence-electron chi connectivity index (χ0n) is 29.0. The molecule has 0 fully saturated rings.